The molecule has 5 aliphatic heterocycles. The molecule has 4 saturated heterocycles. The first-order valence-corrected chi connectivity index (χ1v) is 16.4. The van der Waals surface area contributed by atoms with Crippen molar-refractivity contribution in [2.75, 3.05) is 0 Å². The zero-order valence-electron chi connectivity index (χ0n) is 19.0. The van der Waals surface area contributed by atoms with Gasteiger partial charge in [0, 0.05) is 0 Å². The molecule has 0 bridgehead atoms. The standard InChI is InChI=1S/C24H15B7N2P2/c1-2-8-16(9-3-1)28-18-11-4-5-13-20(18)33-21-14-7-15-22(23(21)17-10-6-12-19(28)24(17)33)35(26-29(35)27-35)32-34-30-25-31(30)34/h1-15H/q-1. The van der Waals surface area contributed by atoms with E-state index in [1.54, 1.807) is 5.30 Å². The van der Waals surface area contributed by atoms with Gasteiger partial charge in [-0.25, -0.2) is 0 Å². The summed E-state index contributed by atoms with van der Waals surface area (Å²) in [7, 11) is 2.41. The second-order valence-corrected chi connectivity index (χ2v) is 17.8. The van der Waals surface area contributed by atoms with Crippen LogP contribution < -0.4 is 21.7 Å². The average Bonchev–Trinajstić information content (AvgIpc) is 3.80. The zero-order valence-corrected chi connectivity index (χ0v) is 20.8. The molecule has 11 heteroatoms. The Hall–Kier alpha value is -2.34. The van der Waals surface area contributed by atoms with Crippen LogP contribution in [-0.4, -0.2) is 50.8 Å². The van der Waals surface area contributed by atoms with Gasteiger partial charge in [-0.3, -0.25) is 0 Å². The van der Waals surface area contributed by atoms with Gasteiger partial charge in [-0.15, -0.1) is 0 Å². The van der Waals surface area contributed by atoms with Crippen LogP contribution in [0.25, 0.3) is 27.5 Å². The molecule has 5 aromatic rings. The number of aromatic nitrogens is 1. The molecule has 35 heavy (non-hydrogen) atoms. The van der Waals surface area contributed by atoms with E-state index in [0.717, 1.165) is 12.4 Å². The number of fused-ring (bicyclic) bond motifs is 7. The molecule has 4 aromatic carbocycles. The average molecular weight is 469 g/mol. The SMILES string of the molecule is [B]1B2[B-]P12(N=[P+]1B2[B-]B21)c1cccc2c1c1cccc3c1n2-c1ccccc1B3c1ccccc1. The Kier molecular flexibility index (Phi) is 3.13. The summed E-state index contributed by atoms with van der Waals surface area (Å²) in [5.74, 6) is 0. The van der Waals surface area contributed by atoms with Gasteiger partial charge in [0.05, 0.1) is 0 Å². The predicted octanol–water partition coefficient (Wildman–Crippen LogP) is 2.41. The summed E-state index contributed by atoms with van der Waals surface area (Å²) in [5, 5.41) is 4.40. The number of para-hydroxylation sites is 2. The molecule has 0 N–H and O–H groups in total. The minimum absolute atomic E-state index is 0.0814. The fraction of sp³-hybridized carbons (Fsp3) is 0. The van der Waals surface area contributed by atoms with Gasteiger partial charge in [0.2, 0.25) is 0 Å². The molecule has 5 aliphatic rings. The fourth-order valence-corrected chi connectivity index (χ4v) is 16.3. The molecular weight excluding hydrogens is 454 g/mol. The van der Waals surface area contributed by atoms with Gasteiger partial charge < -0.3 is 0 Å². The molecule has 0 saturated carbocycles. The van der Waals surface area contributed by atoms with Crippen molar-refractivity contribution in [3.63, 3.8) is 0 Å². The first kappa shape index (κ1) is 18.9. The monoisotopic (exact) mass is 470 g/mol. The summed E-state index contributed by atoms with van der Waals surface area (Å²) in [4.78, 5) is 0. The van der Waals surface area contributed by atoms with Crippen LogP contribution in [0.2, 0.25) is 0 Å². The summed E-state index contributed by atoms with van der Waals surface area (Å²) in [6.07, 6.45) is 0.126. The van der Waals surface area contributed by atoms with Crippen LogP contribution >= 0.6 is 13.9 Å². The number of benzene rings is 4. The molecule has 0 unspecified atom stereocenters. The Morgan fingerprint density at radius 1 is 0.829 bits per heavy atom. The Balaban J connectivity index is 1.34. The molecular formula is C24H15B7N2P2-. The van der Waals surface area contributed by atoms with Crippen molar-refractivity contribution >= 4 is 104 Å². The van der Waals surface area contributed by atoms with Gasteiger partial charge >= 0.3 is 209 Å². The van der Waals surface area contributed by atoms with Crippen molar-refractivity contribution in [3.8, 4) is 5.69 Å². The van der Waals surface area contributed by atoms with Gasteiger partial charge in [0.15, 0.2) is 0 Å². The molecule has 2 nitrogen and oxygen atoms in total. The first-order chi connectivity index (χ1) is 17.3. The van der Waals surface area contributed by atoms with Gasteiger partial charge in [-0.05, 0) is 0 Å². The quantitative estimate of drug-likeness (QED) is 0.280. The Bertz CT molecular complexity index is 1840. The molecule has 0 spiro atoms. The van der Waals surface area contributed by atoms with E-state index in [1.807, 2.05) is 0 Å². The first-order valence-electron chi connectivity index (χ1n) is 12.6. The van der Waals surface area contributed by atoms with Crippen LogP contribution in [0.3, 0.4) is 0 Å². The molecule has 153 valence electrons. The third-order valence-corrected chi connectivity index (χ3v) is 17.6. The van der Waals surface area contributed by atoms with Gasteiger partial charge in [0.1, 0.15) is 0 Å². The third kappa shape index (κ3) is 2.12. The molecule has 6 heterocycles. The number of rotatable bonds is 3. The number of hydrogen-bond donors (Lipinski definition) is 0. The molecule has 4 fully saturated rings. The minimum atomic E-state index is -2.25. The molecule has 0 atom stereocenters. The van der Waals surface area contributed by atoms with Crippen LogP contribution in [0.4, 0.5) is 0 Å². The van der Waals surface area contributed by atoms with Crippen molar-refractivity contribution in [2.24, 2.45) is 4.52 Å². The van der Waals surface area contributed by atoms with Crippen molar-refractivity contribution < 1.29 is 0 Å². The van der Waals surface area contributed by atoms with Gasteiger partial charge in [-0.1, -0.05) is 0 Å². The van der Waals surface area contributed by atoms with E-state index in [0.29, 0.717) is 6.21 Å². The van der Waals surface area contributed by atoms with E-state index in [2.05, 4.69) is 116 Å². The fourth-order valence-electron chi connectivity index (χ4n) is 6.98. The van der Waals surface area contributed by atoms with Crippen LogP contribution in [0.1, 0.15) is 0 Å². The topological polar surface area (TPSA) is 17.3 Å². The van der Waals surface area contributed by atoms with E-state index < -0.39 is 6.39 Å². The molecule has 5 radical (unpaired) electrons. The van der Waals surface area contributed by atoms with Crippen molar-refractivity contribution in [2.45, 2.75) is 0 Å². The van der Waals surface area contributed by atoms with Crippen LogP contribution in [0.5, 0.6) is 0 Å². The molecule has 0 amide bonds. The van der Waals surface area contributed by atoms with E-state index in [1.165, 1.54) is 43.9 Å². The van der Waals surface area contributed by atoms with E-state index in [4.69, 9.17) is 4.52 Å². The van der Waals surface area contributed by atoms with Gasteiger partial charge in [0.25, 0.3) is 0 Å². The molecule has 1 aromatic heterocycles. The Morgan fingerprint density at radius 3 is 2.34 bits per heavy atom. The predicted molar refractivity (Wildman–Crippen MR) is 162 cm³/mol. The zero-order chi connectivity index (χ0) is 22.5. The Morgan fingerprint density at radius 2 is 1.57 bits per heavy atom. The summed E-state index contributed by atoms with van der Waals surface area (Å²) in [6.45, 7) is 5.51. The van der Waals surface area contributed by atoms with Crippen molar-refractivity contribution in [3.05, 3.63) is 91.0 Å². The maximum atomic E-state index is 5.72. The Labute approximate surface area is 208 Å². The summed E-state index contributed by atoms with van der Waals surface area (Å²) >= 11 is 0. The second kappa shape index (κ2) is 5.80. The number of hydrogen-bond acceptors (Lipinski definition) is 1. The van der Waals surface area contributed by atoms with E-state index in [9.17, 15) is 0 Å². The summed E-state index contributed by atoms with van der Waals surface area (Å²) < 4.78 is 8.28. The van der Waals surface area contributed by atoms with Crippen LogP contribution in [-0.2, 0) is 0 Å². The third-order valence-electron chi connectivity index (χ3n) is 9.09. The maximum absolute atomic E-state index is 5.72. The number of nitrogens with zero attached hydrogens (tertiary/aromatic N) is 2. The van der Waals surface area contributed by atoms with E-state index >= 15 is 0 Å². The molecule has 0 aliphatic carbocycles. The van der Waals surface area contributed by atoms with Gasteiger partial charge in [-0.2, -0.15) is 0 Å². The van der Waals surface area contributed by atoms with Crippen LogP contribution in [0, 0.1) is 0 Å². The summed E-state index contributed by atoms with van der Waals surface area (Å²) in [6, 6.07) is 34.1. The normalized spacial score (nSPS) is 21.5. The summed E-state index contributed by atoms with van der Waals surface area (Å²) in [5.41, 5.74) is 8.21. The molecule has 10 rings (SSSR count). The van der Waals surface area contributed by atoms with Crippen molar-refractivity contribution in [1.82, 2.24) is 4.57 Å². The second-order valence-electron chi connectivity index (χ2n) is 10.9. The van der Waals surface area contributed by atoms with E-state index in [-0.39, 0.29) is 14.2 Å². The van der Waals surface area contributed by atoms with Crippen molar-refractivity contribution in [1.29, 1.82) is 0 Å². The van der Waals surface area contributed by atoms with Crippen LogP contribution in [0.15, 0.2) is 95.5 Å².